The Kier molecular flexibility index (Phi) is 7.32. The highest BCUT2D eigenvalue weighted by Crippen LogP contribution is 2.17. The third kappa shape index (κ3) is 5.40. The van der Waals surface area contributed by atoms with Gasteiger partial charge < -0.3 is 14.8 Å². The summed E-state index contributed by atoms with van der Waals surface area (Å²) >= 11 is 5.83. The summed E-state index contributed by atoms with van der Waals surface area (Å²) < 4.78 is 9.81. The molecule has 6 nitrogen and oxygen atoms in total. The number of methoxy groups -OCH3 is 1. The number of rotatable bonds is 8. The standard InChI is InChI=1S/C19H18ClNO5/c1-25-11-10-21-17(22)12-26-19(24)16-5-3-2-4-15(16)18(23)13-6-8-14(20)9-7-13/h2-9H,10-12H2,1H3,(H,21,22). The fraction of sp³-hybridized carbons (Fsp3) is 0.211. The van der Waals surface area contributed by atoms with Gasteiger partial charge >= 0.3 is 5.97 Å². The van der Waals surface area contributed by atoms with Gasteiger partial charge in [-0.3, -0.25) is 9.59 Å². The Balaban J connectivity index is 2.08. The molecule has 0 aromatic heterocycles. The van der Waals surface area contributed by atoms with Gasteiger partial charge in [-0.2, -0.15) is 0 Å². The molecule has 0 atom stereocenters. The minimum absolute atomic E-state index is 0.0946. The molecule has 1 N–H and O–H groups in total. The van der Waals surface area contributed by atoms with E-state index in [2.05, 4.69) is 5.32 Å². The van der Waals surface area contributed by atoms with Crippen LogP contribution in [0.2, 0.25) is 5.02 Å². The number of ether oxygens (including phenoxy) is 2. The van der Waals surface area contributed by atoms with Crippen LogP contribution in [-0.4, -0.2) is 44.5 Å². The fourth-order valence-electron chi connectivity index (χ4n) is 2.17. The van der Waals surface area contributed by atoms with E-state index in [1.54, 1.807) is 36.4 Å². The van der Waals surface area contributed by atoms with Gasteiger partial charge in [0.15, 0.2) is 12.4 Å². The van der Waals surface area contributed by atoms with Crippen molar-refractivity contribution < 1.29 is 23.9 Å². The summed E-state index contributed by atoms with van der Waals surface area (Å²) in [5.74, 6) is -1.53. The fourth-order valence-corrected chi connectivity index (χ4v) is 2.29. The van der Waals surface area contributed by atoms with Gasteiger partial charge in [-0.15, -0.1) is 0 Å². The van der Waals surface area contributed by atoms with Crippen molar-refractivity contribution in [1.82, 2.24) is 5.32 Å². The number of hydrogen-bond donors (Lipinski definition) is 1. The molecule has 26 heavy (non-hydrogen) atoms. The van der Waals surface area contributed by atoms with Crippen LogP contribution in [0, 0.1) is 0 Å². The minimum Gasteiger partial charge on any atom is -0.452 e. The smallest absolute Gasteiger partial charge is 0.339 e. The van der Waals surface area contributed by atoms with Crippen LogP contribution in [0.15, 0.2) is 48.5 Å². The van der Waals surface area contributed by atoms with E-state index in [1.807, 2.05) is 0 Å². The lowest BCUT2D eigenvalue weighted by Crippen LogP contribution is -2.31. The number of hydrogen-bond acceptors (Lipinski definition) is 5. The topological polar surface area (TPSA) is 81.7 Å². The molecule has 0 unspecified atom stereocenters. The van der Waals surface area contributed by atoms with Crippen molar-refractivity contribution in [3.63, 3.8) is 0 Å². The number of benzene rings is 2. The Morgan fingerprint density at radius 3 is 2.31 bits per heavy atom. The summed E-state index contributed by atoms with van der Waals surface area (Å²) in [6.45, 7) is 0.239. The van der Waals surface area contributed by atoms with Gasteiger partial charge in [0.25, 0.3) is 5.91 Å². The molecular weight excluding hydrogens is 358 g/mol. The number of carbonyl (C=O) groups is 3. The summed E-state index contributed by atoms with van der Waals surface area (Å²) in [5, 5.41) is 3.05. The molecule has 2 rings (SSSR count). The molecule has 2 aromatic carbocycles. The van der Waals surface area contributed by atoms with Crippen molar-refractivity contribution in [2.24, 2.45) is 0 Å². The second kappa shape index (κ2) is 9.70. The zero-order valence-corrected chi connectivity index (χ0v) is 14.9. The molecule has 0 bridgehead atoms. The highest BCUT2D eigenvalue weighted by molar-refractivity contribution is 6.30. The van der Waals surface area contributed by atoms with Crippen molar-refractivity contribution in [2.75, 3.05) is 26.9 Å². The Bertz CT molecular complexity index is 789. The van der Waals surface area contributed by atoms with E-state index in [4.69, 9.17) is 21.1 Å². The summed E-state index contributed by atoms with van der Waals surface area (Å²) in [6, 6.07) is 12.6. The van der Waals surface area contributed by atoms with Crippen molar-refractivity contribution in [3.8, 4) is 0 Å². The lowest BCUT2D eigenvalue weighted by molar-refractivity contribution is -0.124. The molecule has 0 heterocycles. The molecular formula is C19H18ClNO5. The molecule has 0 aliphatic heterocycles. The molecule has 136 valence electrons. The predicted molar refractivity (Wildman–Crippen MR) is 96.5 cm³/mol. The number of amides is 1. The van der Waals surface area contributed by atoms with Crippen LogP contribution in [0.5, 0.6) is 0 Å². The van der Waals surface area contributed by atoms with Crippen LogP contribution in [-0.2, 0) is 14.3 Å². The van der Waals surface area contributed by atoms with Gasteiger partial charge in [-0.05, 0) is 30.3 Å². The van der Waals surface area contributed by atoms with E-state index >= 15 is 0 Å². The van der Waals surface area contributed by atoms with Crippen molar-refractivity contribution in [1.29, 1.82) is 0 Å². The highest BCUT2D eigenvalue weighted by atomic mass is 35.5. The first-order valence-electron chi connectivity index (χ1n) is 7.85. The van der Waals surface area contributed by atoms with Gasteiger partial charge in [0.05, 0.1) is 12.2 Å². The monoisotopic (exact) mass is 375 g/mol. The molecule has 2 aromatic rings. The van der Waals surface area contributed by atoms with Crippen LogP contribution in [0.1, 0.15) is 26.3 Å². The number of nitrogens with one attached hydrogen (secondary N) is 1. The molecule has 0 radical (unpaired) electrons. The van der Waals surface area contributed by atoms with Gasteiger partial charge in [0, 0.05) is 29.8 Å². The highest BCUT2D eigenvalue weighted by Gasteiger charge is 2.19. The quantitative estimate of drug-likeness (QED) is 0.435. The van der Waals surface area contributed by atoms with Crippen LogP contribution >= 0.6 is 11.6 Å². The Labute approximate surface area is 156 Å². The molecule has 0 saturated carbocycles. The van der Waals surface area contributed by atoms with E-state index < -0.39 is 18.5 Å². The summed E-state index contributed by atoms with van der Waals surface area (Å²) in [6.07, 6.45) is 0. The average molecular weight is 376 g/mol. The summed E-state index contributed by atoms with van der Waals surface area (Å²) in [7, 11) is 1.51. The lowest BCUT2D eigenvalue weighted by atomic mass is 9.98. The van der Waals surface area contributed by atoms with Crippen LogP contribution < -0.4 is 5.32 Å². The Hall–Kier alpha value is -2.70. The first-order chi connectivity index (χ1) is 12.5. The first-order valence-corrected chi connectivity index (χ1v) is 8.22. The predicted octanol–water partition coefficient (Wildman–Crippen LogP) is 2.49. The lowest BCUT2D eigenvalue weighted by Gasteiger charge is -2.09. The second-order valence-electron chi connectivity index (χ2n) is 5.30. The van der Waals surface area contributed by atoms with Crippen molar-refractivity contribution in [3.05, 3.63) is 70.2 Å². The van der Waals surface area contributed by atoms with E-state index in [1.165, 1.54) is 19.2 Å². The van der Waals surface area contributed by atoms with Crippen LogP contribution in [0.4, 0.5) is 0 Å². The van der Waals surface area contributed by atoms with Gasteiger partial charge in [-0.1, -0.05) is 29.8 Å². The van der Waals surface area contributed by atoms with Crippen molar-refractivity contribution >= 4 is 29.3 Å². The first kappa shape index (κ1) is 19.6. The third-order valence-electron chi connectivity index (χ3n) is 3.46. The zero-order valence-electron chi connectivity index (χ0n) is 14.2. The maximum absolute atomic E-state index is 12.7. The number of halogens is 1. The summed E-state index contributed by atoms with van der Waals surface area (Å²) in [4.78, 5) is 36.5. The maximum Gasteiger partial charge on any atom is 0.339 e. The largest absolute Gasteiger partial charge is 0.452 e. The molecule has 0 aliphatic rings. The SMILES string of the molecule is COCCNC(=O)COC(=O)c1ccccc1C(=O)c1ccc(Cl)cc1. The molecule has 0 saturated heterocycles. The Morgan fingerprint density at radius 1 is 1.00 bits per heavy atom. The van der Waals surface area contributed by atoms with Gasteiger partial charge in [0.1, 0.15) is 0 Å². The molecule has 0 aliphatic carbocycles. The van der Waals surface area contributed by atoms with Crippen LogP contribution in [0.25, 0.3) is 0 Å². The number of ketones is 1. The van der Waals surface area contributed by atoms with E-state index in [0.717, 1.165) is 0 Å². The normalized spacial score (nSPS) is 10.2. The summed E-state index contributed by atoms with van der Waals surface area (Å²) in [5.41, 5.74) is 0.684. The van der Waals surface area contributed by atoms with E-state index in [-0.39, 0.29) is 16.9 Å². The zero-order chi connectivity index (χ0) is 18.9. The minimum atomic E-state index is -0.746. The molecule has 1 amide bonds. The van der Waals surface area contributed by atoms with Gasteiger partial charge in [-0.25, -0.2) is 4.79 Å². The Morgan fingerprint density at radius 2 is 1.65 bits per heavy atom. The molecule has 7 heteroatoms. The average Bonchev–Trinajstić information content (AvgIpc) is 2.66. The van der Waals surface area contributed by atoms with Crippen molar-refractivity contribution in [2.45, 2.75) is 0 Å². The molecule has 0 fully saturated rings. The second-order valence-corrected chi connectivity index (χ2v) is 5.74. The van der Waals surface area contributed by atoms with E-state index in [0.29, 0.717) is 23.7 Å². The van der Waals surface area contributed by atoms with E-state index in [9.17, 15) is 14.4 Å². The number of carbonyl (C=O) groups excluding carboxylic acids is 3. The number of esters is 1. The van der Waals surface area contributed by atoms with Crippen LogP contribution in [0.3, 0.4) is 0 Å². The third-order valence-corrected chi connectivity index (χ3v) is 3.71. The maximum atomic E-state index is 12.7. The molecule has 0 spiro atoms. The van der Waals surface area contributed by atoms with Gasteiger partial charge in [0.2, 0.25) is 0 Å².